The van der Waals surface area contributed by atoms with Crippen LogP contribution in [0.25, 0.3) is 0 Å². The third kappa shape index (κ3) is 6.26. The highest BCUT2D eigenvalue weighted by molar-refractivity contribution is 8.00. The molecule has 0 amide bonds. The minimum atomic E-state index is -7.76. The second kappa shape index (κ2) is 11.7. The molecule has 0 spiro atoms. The van der Waals surface area contributed by atoms with Crippen LogP contribution < -0.4 is 0 Å². The molecule has 34 heavy (non-hydrogen) atoms. The minimum absolute atomic E-state index is 0.0414. The monoisotopic (exact) mass is 570 g/mol. The van der Waals surface area contributed by atoms with Gasteiger partial charge in [0.05, 0.1) is 0 Å². The van der Waals surface area contributed by atoms with Crippen LogP contribution in [0.5, 0.6) is 0 Å². The maximum absolute atomic E-state index is 14.4. The molecule has 0 aromatic heterocycles. The summed E-state index contributed by atoms with van der Waals surface area (Å²) in [5.41, 5.74) is -6.42. The van der Waals surface area contributed by atoms with E-state index in [1.165, 1.54) is 20.8 Å². The Morgan fingerprint density at radius 2 is 1.06 bits per heavy atom. The molecule has 1 atom stereocenters. The van der Waals surface area contributed by atoms with Gasteiger partial charge >= 0.3 is 38.0 Å². The summed E-state index contributed by atoms with van der Waals surface area (Å²) < 4.78 is 189. The highest BCUT2D eigenvalue weighted by Gasteiger charge is 2.89. The van der Waals surface area contributed by atoms with E-state index in [4.69, 9.17) is 13.3 Å². The van der Waals surface area contributed by atoms with Crippen molar-refractivity contribution >= 4 is 20.6 Å². The molecule has 0 radical (unpaired) electrons. The average molecular weight is 570 g/mol. The summed E-state index contributed by atoms with van der Waals surface area (Å²) >= 11 is -1.17. The summed E-state index contributed by atoms with van der Waals surface area (Å²) in [4.78, 5) is 0. The Labute approximate surface area is 192 Å². The minimum Gasteiger partial charge on any atom is -0.374 e. The van der Waals surface area contributed by atoms with Crippen LogP contribution in [0, 0.1) is 0 Å². The molecule has 0 heterocycles. The maximum Gasteiger partial charge on any atom is 0.500 e. The fourth-order valence-electron chi connectivity index (χ4n) is 2.57. The van der Waals surface area contributed by atoms with Gasteiger partial charge in [-0.3, -0.25) is 0 Å². The normalized spacial score (nSPS) is 16.6. The zero-order valence-electron chi connectivity index (χ0n) is 18.0. The van der Waals surface area contributed by atoms with Gasteiger partial charge in [0.25, 0.3) is 5.67 Å². The summed E-state index contributed by atoms with van der Waals surface area (Å²) in [6.45, 7) is 1.01. The van der Waals surface area contributed by atoms with Crippen LogP contribution in [-0.2, 0) is 13.3 Å². The number of alkyl halides is 13. The summed E-state index contributed by atoms with van der Waals surface area (Å²) in [7, 11) is -3.48. The maximum atomic E-state index is 14.4. The molecule has 0 aromatic rings. The molecule has 0 aliphatic rings. The van der Waals surface area contributed by atoms with Gasteiger partial charge in [-0.15, -0.1) is 0 Å². The van der Waals surface area contributed by atoms with E-state index >= 15 is 0 Å². The lowest BCUT2D eigenvalue weighted by atomic mass is 9.89. The quantitative estimate of drug-likeness (QED) is 0.115. The van der Waals surface area contributed by atoms with Crippen molar-refractivity contribution < 1.29 is 70.4 Å². The van der Waals surface area contributed by atoms with Gasteiger partial charge in [0.2, 0.25) is 0 Å². The zero-order valence-corrected chi connectivity index (χ0v) is 19.8. The van der Waals surface area contributed by atoms with Gasteiger partial charge < -0.3 is 13.3 Å². The standard InChI is InChI=1S/C16H23F13O3SSi/c1-4-30-34(31-5-2,32-6-3)9-7-8-33-16(28,29)11(18,10-17)12(19,20)13(21,22)14(23,24)15(25,26)27/h4-10H2,1-3H3. The molecule has 0 bridgehead atoms. The Hall–Kier alpha value is -0.463. The molecular weight excluding hydrogens is 547 g/mol. The molecule has 0 aliphatic carbocycles. The Morgan fingerprint density at radius 3 is 1.38 bits per heavy atom. The Kier molecular flexibility index (Phi) is 11.6. The number of hydrogen-bond donors (Lipinski definition) is 0. The number of hydrogen-bond acceptors (Lipinski definition) is 4. The highest BCUT2D eigenvalue weighted by atomic mass is 32.2. The Balaban J connectivity index is 5.81. The number of halogens is 13. The lowest BCUT2D eigenvalue weighted by Crippen LogP contribution is -2.71. The topological polar surface area (TPSA) is 27.7 Å². The molecule has 0 rings (SSSR count). The largest absolute Gasteiger partial charge is 0.500 e. The van der Waals surface area contributed by atoms with Gasteiger partial charge in [-0.1, -0.05) is 11.8 Å². The zero-order chi connectivity index (χ0) is 27.3. The Morgan fingerprint density at radius 1 is 0.647 bits per heavy atom. The third-order valence-corrected chi connectivity index (χ3v) is 8.62. The van der Waals surface area contributed by atoms with Crippen molar-refractivity contribution in [2.75, 3.05) is 32.2 Å². The van der Waals surface area contributed by atoms with Crippen molar-refractivity contribution in [2.24, 2.45) is 0 Å². The van der Waals surface area contributed by atoms with E-state index in [0.29, 0.717) is 0 Å². The summed E-state index contributed by atoms with van der Waals surface area (Å²) in [6.07, 6.45) is -7.86. The van der Waals surface area contributed by atoms with Crippen LogP contribution in [-0.4, -0.2) is 75.9 Å². The van der Waals surface area contributed by atoms with Crippen molar-refractivity contribution in [3.8, 4) is 0 Å². The fraction of sp³-hybridized carbons (Fsp3) is 1.00. The van der Waals surface area contributed by atoms with Crippen LogP contribution in [0.1, 0.15) is 27.2 Å². The van der Waals surface area contributed by atoms with Gasteiger partial charge in [-0.05, 0) is 32.9 Å². The lowest BCUT2D eigenvalue weighted by Gasteiger charge is -2.42. The van der Waals surface area contributed by atoms with Crippen molar-refractivity contribution in [1.29, 1.82) is 0 Å². The van der Waals surface area contributed by atoms with Crippen LogP contribution in [0.3, 0.4) is 0 Å². The summed E-state index contributed by atoms with van der Waals surface area (Å²) in [6, 6.07) is -0.265. The van der Waals surface area contributed by atoms with Gasteiger partial charge in [-0.2, -0.15) is 48.3 Å². The molecule has 0 aliphatic heterocycles. The van der Waals surface area contributed by atoms with Gasteiger partial charge in [0.15, 0.2) is 0 Å². The van der Waals surface area contributed by atoms with E-state index < -0.39 is 74.3 Å². The molecule has 3 nitrogen and oxygen atoms in total. The van der Waals surface area contributed by atoms with Crippen LogP contribution in [0.4, 0.5) is 57.1 Å². The van der Waals surface area contributed by atoms with E-state index in [-0.39, 0.29) is 25.9 Å². The number of thioether (sulfide) groups is 1. The molecule has 0 aromatic carbocycles. The second-order valence-corrected chi connectivity index (χ2v) is 10.5. The van der Waals surface area contributed by atoms with Crippen LogP contribution in [0.15, 0.2) is 0 Å². The molecule has 0 N–H and O–H groups in total. The smallest absolute Gasteiger partial charge is 0.374 e. The van der Waals surface area contributed by atoms with Crippen molar-refractivity contribution in [1.82, 2.24) is 0 Å². The second-order valence-electron chi connectivity index (χ2n) is 6.61. The van der Waals surface area contributed by atoms with Crippen LogP contribution >= 0.6 is 11.8 Å². The fourth-order valence-corrected chi connectivity index (χ4v) is 6.40. The average Bonchev–Trinajstić information content (AvgIpc) is 2.69. The van der Waals surface area contributed by atoms with E-state index in [1.54, 1.807) is 0 Å². The first-order valence-corrected chi connectivity index (χ1v) is 12.5. The van der Waals surface area contributed by atoms with E-state index in [0.717, 1.165) is 0 Å². The first kappa shape index (κ1) is 33.5. The molecule has 206 valence electrons. The van der Waals surface area contributed by atoms with Crippen LogP contribution in [0.2, 0.25) is 6.04 Å². The number of rotatable bonds is 16. The summed E-state index contributed by atoms with van der Waals surface area (Å²) in [5.74, 6) is -24.0. The third-order valence-electron chi connectivity index (χ3n) is 4.29. The van der Waals surface area contributed by atoms with Gasteiger partial charge in [-0.25, -0.2) is 8.78 Å². The van der Waals surface area contributed by atoms with Crippen molar-refractivity contribution in [3.05, 3.63) is 0 Å². The van der Waals surface area contributed by atoms with Gasteiger partial charge in [0, 0.05) is 25.9 Å². The SMILES string of the molecule is CCO[Si](CCCSC(F)(F)C(F)(CF)C(F)(F)C(F)(F)C(F)(F)C(F)(F)F)(OCC)OCC. The van der Waals surface area contributed by atoms with Crippen molar-refractivity contribution in [2.45, 2.75) is 68.1 Å². The Bertz CT molecular complexity index is 619. The highest BCUT2D eigenvalue weighted by Crippen LogP contribution is 2.61. The van der Waals surface area contributed by atoms with Crippen molar-refractivity contribution in [3.63, 3.8) is 0 Å². The molecule has 18 heteroatoms. The van der Waals surface area contributed by atoms with E-state index in [2.05, 4.69) is 0 Å². The van der Waals surface area contributed by atoms with Gasteiger partial charge in [0.1, 0.15) is 6.67 Å². The molecule has 1 unspecified atom stereocenters. The molecule has 0 saturated carbocycles. The van der Waals surface area contributed by atoms with E-state index in [9.17, 15) is 57.1 Å². The summed E-state index contributed by atoms with van der Waals surface area (Å²) in [5, 5.41) is -5.86. The molecule has 0 fully saturated rings. The first-order valence-electron chi connectivity index (χ1n) is 9.58. The predicted octanol–water partition coefficient (Wildman–Crippen LogP) is 6.90. The first-order chi connectivity index (χ1) is 15.2. The predicted molar refractivity (Wildman–Crippen MR) is 98.2 cm³/mol. The van der Waals surface area contributed by atoms with E-state index in [1.807, 2.05) is 0 Å². The molecular formula is C16H23F13O3SSi. The lowest BCUT2D eigenvalue weighted by molar-refractivity contribution is -0.419. The molecule has 0 saturated heterocycles.